The minimum atomic E-state index is -0.183. The summed E-state index contributed by atoms with van der Waals surface area (Å²) >= 11 is 1.37. The highest BCUT2D eigenvalue weighted by Crippen LogP contribution is 2.34. The average Bonchev–Trinajstić information content (AvgIpc) is 3.62. The maximum absolute atomic E-state index is 13.5. The number of H-pyrrole nitrogens is 1. The number of rotatable bonds is 6. The zero-order chi connectivity index (χ0) is 23.8. The van der Waals surface area contributed by atoms with Gasteiger partial charge in [0.15, 0.2) is 5.16 Å². The van der Waals surface area contributed by atoms with Gasteiger partial charge in [-0.1, -0.05) is 66.4 Å². The van der Waals surface area contributed by atoms with E-state index in [4.69, 9.17) is 9.84 Å². The molecule has 5 aromatic rings. The van der Waals surface area contributed by atoms with Crippen LogP contribution in [0.3, 0.4) is 0 Å². The summed E-state index contributed by atoms with van der Waals surface area (Å²) in [6.45, 7) is 0. The van der Waals surface area contributed by atoms with Crippen molar-refractivity contribution in [3.8, 4) is 5.75 Å². The molecule has 0 radical (unpaired) electrons. The smallest absolute Gasteiger partial charge is 0.253 e. The Morgan fingerprint density at radius 2 is 1.83 bits per heavy atom. The van der Waals surface area contributed by atoms with Gasteiger partial charge < -0.3 is 4.74 Å². The van der Waals surface area contributed by atoms with Crippen LogP contribution in [0.5, 0.6) is 5.75 Å². The Hall–Kier alpha value is -4.11. The van der Waals surface area contributed by atoms with Crippen LogP contribution in [0, 0.1) is 0 Å². The quantitative estimate of drug-likeness (QED) is 0.355. The van der Waals surface area contributed by atoms with E-state index < -0.39 is 0 Å². The molecule has 0 fully saturated rings. The molecule has 1 N–H and O–H groups in total. The molecule has 1 aliphatic rings. The van der Waals surface area contributed by atoms with Gasteiger partial charge in [0.1, 0.15) is 5.75 Å². The molecule has 1 amide bonds. The summed E-state index contributed by atoms with van der Waals surface area (Å²) in [6.07, 6.45) is 0.644. The second kappa shape index (κ2) is 8.92. The van der Waals surface area contributed by atoms with Crippen LogP contribution < -0.4 is 4.74 Å². The number of nitrogens with one attached hydrogen (secondary N) is 1. The molecule has 3 aromatic carbocycles. The van der Waals surface area contributed by atoms with Crippen molar-refractivity contribution in [3.63, 3.8) is 0 Å². The molecule has 1 atom stereocenters. The van der Waals surface area contributed by atoms with E-state index in [1.54, 1.807) is 12.1 Å². The number of methoxy groups -OCH3 is 1. The van der Waals surface area contributed by atoms with Crippen molar-refractivity contribution in [3.05, 3.63) is 90.0 Å². The van der Waals surface area contributed by atoms with Crippen LogP contribution in [0.4, 0.5) is 0 Å². The molecule has 0 bridgehead atoms. The maximum Gasteiger partial charge on any atom is 0.253 e. The molecule has 2 aromatic heterocycles. The predicted octanol–water partition coefficient (Wildman–Crippen LogP) is 4.69. The van der Waals surface area contributed by atoms with Gasteiger partial charge in [-0.3, -0.25) is 9.20 Å². The Balaban J connectivity index is 1.28. The zero-order valence-corrected chi connectivity index (χ0v) is 19.8. The minimum Gasteiger partial charge on any atom is -0.497 e. The first-order valence-electron chi connectivity index (χ1n) is 11.2. The van der Waals surface area contributed by atoms with Crippen LogP contribution in [-0.2, 0) is 4.79 Å². The molecule has 9 heteroatoms. The van der Waals surface area contributed by atoms with E-state index in [0.29, 0.717) is 17.4 Å². The minimum absolute atomic E-state index is 0.0812. The van der Waals surface area contributed by atoms with Crippen molar-refractivity contribution < 1.29 is 9.53 Å². The SMILES string of the molecule is COc1ccc([C@@H]2CC(c3ccccc3)=NN2C(=O)CSc2n[nH]c3nc4ccccc4n23)cc1. The number of imidazole rings is 1. The number of fused-ring (bicyclic) bond motifs is 3. The fourth-order valence-corrected chi connectivity index (χ4v) is 5.17. The van der Waals surface area contributed by atoms with Crippen LogP contribution in [0.2, 0.25) is 0 Å². The van der Waals surface area contributed by atoms with Gasteiger partial charge in [0.2, 0.25) is 5.78 Å². The van der Waals surface area contributed by atoms with Gasteiger partial charge in [0.05, 0.1) is 35.6 Å². The second-order valence-electron chi connectivity index (χ2n) is 8.20. The van der Waals surface area contributed by atoms with Crippen LogP contribution in [0.15, 0.2) is 89.1 Å². The summed E-state index contributed by atoms with van der Waals surface area (Å²) in [7, 11) is 1.64. The number of amides is 1. The third-order valence-corrected chi connectivity index (χ3v) is 7.03. The highest BCUT2D eigenvalue weighted by Gasteiger charge is 2.33. The van der Waals surface area contributed by atoms with Gasteiger partial charge in [-0.05, 0) is 35.4 Å². The van der Waals surface area contributed by atoms with E-state index in [1.165, 1.54) is 11.8 Å². The molecular weight excluding hydrogens is 460 g/mol. The summed E-state index contributed by atoms with van der Waals surface area (Å²) in [5.41, 5.74) is 4.76. The molecule has 0 aliphatic carbocycles. The molecule has 0 saturated carbocycles. The van der Waals surface area contributed by atoms with E-state index in [2.05, 4.69) is 15.2 Å². The number of ether oxygens (including phenoxy) is 1. The first-order valence-corrected chi connectivity index (χ1v) is 12.2. The second-order valence-corrected chi connectivity index (χ2v) is 9.14. The molecule has 0 unspecified atom stereocenters. The number of benzene rings is 3. The molecule has 6 rings (SSSR count). The summed E-state index contributed by atoms with van der Waals surface area (Å²) < 4.78 is 7.25. The predicted molar refractivity (Wildman–Crippen MR) is 136 cm³/mol. The Morgan fingerprint density at radius 3 is 2.63 bits per heavy atom. The van der Waals surface area contributed by atoms with Crippen molar-refractivity contribution in [1.82, 2.24) is 24.6 Å². The maximum atomic E-state index is 13.5. The number of thioether (sulfide) groups is 1. The first kappa shape index (κ1) is 21.4. The van der Waals surface area contributed by atoms with Gasteiger partial charge in [-0.15, -0.1) is 5.10 Å². The Kier molecular flexibility index (Phi) is 5.46. The van der Waals surface area contributed by atoms with E-state index in [0.717, 1.165) is 33.6 Å². The van der Waals surface area contributed by atoms with Crippen molar-refractivity contribution in [2.24, 2.45) is 5.10 Å². The molecule has 3 heterocycles. The lowest BCUT2D eigenvalue weighted by Gasteiger charge is -2.22. The number of aromatic nitrogens is 4. The standard InChI is InChI=1S/C26H22N6O2S/c1-34-19-13-11-18(12-14-19)23-15-21(17-7-3-2-4-8-17)30-32(23)24(33)16-35-26-29-28-25-27-20-9-5-6-10-22(20)31(25)26/h2-14,23H,15-16H2,1H3,(H,27,28)/t23-/m0/s1. The number of para-hydroxylation sites is 2. The topological polar surface area (TPSA) is 87.9 Å². The highest BCUT2D eigenvalue weighted by molar-refractivity contribution is 7.99. The average molecular weight is 483 g/mol. The van der Waals surface area contributed by atoms with Gasteiger partial charge in [-0.2, -0.15) is 5.10 Å². The van der Waals surface area contributed by atoms with Crippen molar-refractivity contribution in [1.29, 1.82) is 0 Å². The largest absolute Gasteiger partial charge is 0.497 e. The molecule has 1 aliphatic heterocycles. The molecule has 174 valence electrons. The summed E-state index contributed by atoms with van der Waals surface area (Å²) in [5, 5.41) is 14.4. The van der Waals surface area contributed by atoms with E-state index in [-0.39, 0.29) is 17.7 Å². The fraction of sp³-hybridized carbons (Fsp3) is 0.154. The Bertz CT molecular complexity index is 1540. The number of carbonyl (C=O) groups excluding carboxylic acids is 1. The number of carbonyl (C=O) groups is 1. The van der Waals surface area contributed by atoms with Gasteiger partial charge in [0, 0.05) is 6.42 Å². The molecule has 0 spiro atoms. The zero-order valence-electron chi connectivity index (χ0n) is 19.0. The number of hydrogen-bond acceptors (Lipinski definition) is 6. The van der Waals surface area contributed by atoms with Gasteiger partial charge in [-0.25, -0.2) is 15.1 Å². The van der Waals surface area contributed by atoms with Gasteiger partial charge in [0.25, 0.3) is 5.91 Å². The third-order valence-electron chi connectivity index (χ3n) is 6.10. The van der Waals surface area contributed by atoms with Crippen molar-refractivity contribution in [2.45, 2.75) is 17.6 Å². The third kappa shape index (κ3) is 3.93. The normalized spacial score (nSPS) is 15.6. The lowest BCUT2D eigenvalue weighted by atomic mass is 9.98. The number of nitrogens with zero attached hydrogens (tertiary/aromatic N) is 5. The van der Waals surface area contributed by atoms with Crippen molar-refractivity contribution >= 4 is 40.2 Å². The van der Waals surface area contributed by atoms with E-state index in [9.17, 15) is 4.79 Å². The summed E-state index contributed by atoms with van der Waals surface area (Å²) in [4.78, 5) is 18.0. The lowest BCUT2D eigenvalue weighted by molar-refractivity contribution is -0.130. The van der Waals surface area contributed by atoms with Crippen LogP contribution in [0.25, 0.3) is 16.8 Å². The molecule has 35 heavy (non-hydrogen) atoms. The summed E-state index contributed by atoms with van der Waals surface area (Å²) in [6, 6.07) is 25.5. The monoisotopic (exact) mass is 482 g/mol. The van der Waals surface area contributed by atoms with Crippen LogP contribution in [-0.4, -0.2) is 49.1 Å². The van der Waals surface area contributed by atoms with E-state index >= 15 is 0 Å². The van der Waals surface area contributed by atoms with Crippen LogP contribution >= 0.6 is 11.8 Å². The number of hydrogen-bond donors (Lipinski definition) is 1. The highest BCUT2D eigenvalue weighted by atomic mass is 32.2. The number of aromatic amines is 1. The molecule has 0 saturated heterocycles. The fourth-order valence-electron chi connectivity index (χ4n) is 4.36. The van der Waals surface area contributed by atoms with Crippen molar-refractivity contribution in [2.75, 3.05) is 12.9 Å². The first-order chi connectivity index (χ1) is 17.2. The van der Waals surface area contributed by atoms with Crippen LogP contribution in [0.1, 0.15) is 23.6 Å². The Morgan fingerprint density at radius 1 is 1.06 bits per heavy atom. The number of hydrazone groups is 1. The summed E-state index contributed by atoms with van der Waals surface area (Å²) in [5.74, 6) is 1.55. The molecule has 8 nitrogen and oxygen atoms in total. The van der Waals surface area contributed by atoms with E-state index in [1.807, 2.05) is 83.3 Å². The lowest BCUT2D eigenvalue weighted by Crippen LogP contribution is -2.28. The Labute approximate surface area is 205 Å². The molecular formula is C26H22N6O2S. The van der Waals surface area contributed by atoms with Gasteiger partial charge >= 0.3 is 0 Å².